The van der Waals surface area contributed by atoms with Crippen LogP contribution in [0.5, 0.6) is 5.75 Å². The van der Waals surface area contributed by atoms with Crippen LogP contribution in [0.4, 0.5) is 0 Å². The zero-order chi connectivity index (χ0) is 20.1. The summed E-state index contributed by atoms with van der Waals surface area (Å²) in [4.78, 5) is 11.9. The predicted molar refractivity (Wildman–Crippen MR) is 110 cm³/mol. The lowest BCUT2D eigenvalue weighted by Gasteiger charge is -2.10. The summed E-state index contributed by atoms with van der Waals surface area (Å²) in [7, 11) is 1.64. The van der Waals surface area contributed by atoms with Crippen LogP contribution in [0.2, 0.25) is 0 Å². The summed E-state index contributed by atoms with van der Waals surface area (Å²) in [6.07, 6.45) is 0. The Balaban J connectivity index is 1.79. The van der Waals surface area contributed by atoms with Crippen LogP contribution in [0.3, 0.4) is 0 Å². The maximum absolute atomic E-state index is 11.9. The molecule has 0 saturated carbocycles. The fourth-order valence-corrected chi connectivity index (χ4v) is 3.53. The Hall–Kier alpha value is -3.05. The zero-order valence-corrected chi connectivity index (χ0v) is 16.5. The molecule has 0 atom stereocenters. The van der Waals surface area contributed by atoms with Gasteiger partial charge in [0, 0.05) is 36.6 Å². The summed E-state index contributed by atoms with van der Waals surface area (Å²) in [5, 5.41) is 13.1. The molecule has 0 bridgehead atoms. The number of carboxylic acids is 1. The van der Waals surface area contributed by atoms with Gasteiger partial charge >= 0.3 is 5.97 Å². The van der Waals surface area contributed by atoms with Crippen molar-refractivity contribution in [3.63, 3.8) is 0 Å². The van der Waals surface area contributed by atoms with Crippen LogP contribution in [0.25, 0.3) is 0 Å². The van der Waals surface area contributed by atoms with Crippen LogP contribution in [-0.4, -0.2) is 22.8 Å². The second-order valence-corrected chi connectivity index (χ2v) is 6.85. The number of hydrogen-bond acceptors (Lipinski definition) is 3. The largest absolute Gasteiger partial charge is 0.497 e. The van der Waals surface area contributed by atoms with E-state index < -0.39 is 5.97 Å². The highest BCUT2D eigenvalue weighted by molar-refractivity contribution is 5.91. The summed E-state index contributed by atoms with van der Waals surface area (Å²) >= 11 is 0. The van der Waals surface area contributed by atoms with Gasteiger partial charge < -0.3 is 19.7 Å². The second-order valence-electron chi connectivity index (χ2n) is 6.85. The average Bonchev–Trinajstić information content (AvgIpc) is 2.94. The number of methoxy groups -OCH3 is 1. The van der Waals surface area contributed by atoms with E-state index in [1.807, 2.05) is 56.3 Å². The molecule has 0 aliphatic rings. The Morgan fingerprint density at radius 3 is 2.25 bits per heavy atom. The first-order valence-corrected chi connectivity index (χ1v) is 9.30. The van der Waals surface area contributed by atoms with E-state index in [1.54, 1.807) is 7.11 Å². The number of benzene rings is 2. The minimum absolute atomic E-state index is 0.399. The number of hydrogen-bond donors (Lipinski definition) is 2. The van der Waals surface area contributed by atoms with E-state index in [0.29, 0.717) is 25.2 Å². The highest BCUT2D eigenvalue weighted by Crippen LogP contribution is 2.24. The Morgan fingerprint density at radius 2 is 1.64 bits per heavy atom. The van der Waals surface area contributed by atoms with E-state index in [-0.39, 0.29) is 0 Å². The summed E-state index contributed by atoms with van der Waals surface area (Å²) < 4.78 is 7.26. The normalized spacial score (nSPS) is 10.8. The quantitative estimate of drug-likeness (QED) is 0.618. The van der Waals surface area contributed by atoms with Gasteiger partial charge in [-0.15, -0.1) is 0 Å². The van der Waals surface area contributed by atoms with Gasteiger partial charge in [-0.3, -0.25) is 0 Å². The lowest BCUT2D eigenvalue weighted by Crippen LogP contribution is -2.15. The number of carboxylic acid groups (broad SMARTS) is 1. The molecule has 5 heteroatoms. The van der Waals surface area contributed by atoms with Gasteiger partial charge in [-0.25, -0.2) is 4.79 Å². The summed E-state index contributed by atoms with van der Waals surface area (Å²) in [6.45, 7) is 5.70. The number of aromatic nitrogens is 1. The molecule has 2 aromatic carbocycles. The van der Waals surface area contributed by atoms with Crippen molar-refractivity contribution in [3.05, 3.63) is 88.2 Å². The van der Waals surface area contributed by atoms with Crippen molar-refractivity contribution in [2.45, 2.75) is 33.5 Å². The molecule has 3 rings (SSSR count). The molecule has 0 spiro atoms. The zero-order valence-electron chi connectivity index (χ0n) is 16.5. The third-order valence-electron chi connectivity index (χ3n) is 5.10. The summed E-state index contributed by atoms with van der Waals surface area (Å²) in [6, 6.07) is 17.9. The Kier molecular flexibility index (Phi) is 6.16. The smallest absolute Gasteiger partial charge is 0.337 e. The summed E-state index contributed by atoms with van der Waals surface area (Å²) in [5.41, 5.74) is 5.29. The first kappa shape index (κ1) is 19.7. The molecule has 0 aliphatic heterocycles. The van der Waals surface area contributed by atoms with E-state index in [1.165, 1.54) is 0 Å². The molecule has 0 aliphatic carbocycles. The SMILES string of the molecule is COc1ccc(CNCc2c(C(=O)O)c(C)n(Cc3ccccc3)c2C)cc1. The Labute approximate surface area is 165 Å². The number of rotatable bonds is 8. The molecular weight excluding hydrogens is 352 g/mol. The maximum Gasteiger partial charge on any atom is 0.337 e. The predicted octanol–water partition coefficient (Wildman–Crippen LogP) is 4.15. The number of nitrogens with one attached hydrogen (secondary N) is 1. The van der Waals surface area contributed by atoms with Gasteiger partial charge in [-0.2, -0.15) is 0 Å². The van der Waals surface area contributed by atoms with Crippen molar-refractivity contribution >= 4 is 5.97 Å². The molecule has 0 amide bonds. The van der Waals surface area contributed by atoms with Crippen LogP contribution in [-0.2, 0) is 19.6 Å². The Morgan fingerprint density at radius 1 is 0.964 bits per heavy atom. The van der Waals surface area contributed by atoms with Gasteiger partial charge in [0.1, 0.15) is 5.75 Å². The second kappa shape index (κ2) is 8.76. The molecule has 28 heavy (non-hydrogen) atoms. The lowest BCUT2D eigenvalue weighted by molar-refractivity contribution is 0.0694. The molecule has 1 aromatic heterocycles. The molecule has 0 saturated heterocycles. The van der Waals surface area contributed by atoms with Gasteiger partial charge in [0.15, 0.2) is 0 Å². The molecule has 0 radical (unpaired) electrons. The van der Waals surface area contributed by atoms with Gasteiger partial charge in [0.25, 0.3) is 0 Å². The number of ether oxygens (including phenoxy) is 1. The van der Waals surface area contributed by atoms with E-state index in [2.05, 4.69) is 22.0 Å². The monoisotopic (exact) mass is 378 g/mol. The number of nitrogens with zero attached hydrogens (tertiary/aromatic N) is 1. The maximum atomic E-state index is 11.9. The van der Waals surface area contributed by atoms with Crippen molar-refractivity contribution in [1.29, 1.82) is 0 Å². The van der Waals surface area contributed by atoms with Crippen LogP contribution < -0.4 is 10.1 Å². The van der Waals surface area contributed by atoms with Crippen molar-refractivity contribution in [2.75, 3.05) is 7.11 Å². The van der Waals surface area contributed by atoms with Crippen LogP contribution in [0.15, 0.2) is 54.6 Å². The number of carbonyl (C=O) groups is 1. The molecule has 0 fully saturated rings. The van der Waals surface area contributed by atoms with E-state index >= 15 is 0 Å². The molecule has 2 N–H and O–H groups in total. The molecule has 1 heterocycles. The van der Waals surface area contributed by atoms with E-state index in [0.717, 1.165) is 33.8 Å². The van der Waals surface area contributed by atoms with E-state index in [9.17, 15) is 9.90 Å². The lowest BCUT2D eigenvalue weighted by atomic mass is 10.1. The standard InChI is InChI=1S/C23H26N2O3/c1-16-21(14-24-13-18-9-11-20(28-3)12-10-18)22(23(26)27)17(2)25(16)15-19-7-5-4-6-8-19/h4-12,24H,13-15H2,1-3H3,(H,26,27). The molecule has 0 unspecified atom stereocenters. The Bertz CT molecular complexity index is 944. The van der Waals surface area contributed by atoms with Gasteiger partial charge in [0.05, 0.1) is 12.7 Å². The third-order valence-corrected chi connectivity index (χ3v) is 5.10. The van der Waals surface area contributed by atoms with Crippen molar-refractivity contribution in [1.82, 2.24) is 9.88 Å². The van der Waals surface area contributed by atoms with Gasteiger partial charge in [-0.1, -0.05) is 42.5 Å². The fraction of sp³-hybridized carbons (Fsp3) is 0.261. The minimum Gasteiger partial charge on any atom is -0.497 e. The fourth-order valence-electron chi connectivity index (χ4n) is 3.53. The van der Waals surface area contributed by atoms with Gasteiger partial charge in [-0.05, 0) is 37.1 Å². The summed E-state index contributed by atoms with van der Waals surface area (Å²) in [5.74, 6) is -0.0602. The van der Waals surface area contributed by atoms with Crippen LogP contribution >= 0.6 is 0 Å². The minimum atomic E-state index is -0.881. The van der Waals surface area contributed by atoms with Crippen LogP contribution in [0, 0.1) is 13.8 Å². The number of aromatic carboxylic acids is 1. The topological polar surface area (TPSA) is 63.5 Å². The molecular formula is C23H26N2O3. The van der Waals surface area contributed by atoms with Crippen LogP contribution in [0.1, 0.15) is 38.4 Å². The molecule has 5 nitrogen and oxygen atoms in total. The van der Waals surface area contributed by atoms with Crippen molar-refractivity contribution in [2.24, 2.45) is 0 Å². The highest BCUT2D eigenvalue weighted by atomic mass is 16.5. The highest BCUT2D eigenvalue weighted by Gasteiger charge is 2.22. The van der Waals surface area contributed by atoms with Gasteiger partial charge in [0.2, 0.25) is 0 Å². The molecule has 3 aromatic rings. The average molecular weight is 378 g/mol. The third kappa shape index (κ3) is 4.26. The molecule has 146 valence electrons. The van der Waals surface area contributed by atoms with Crippen molar-refractivity contribution in [3.8, 4) is 5.75 Å². The van der Waals surface area contributed by atoms with E-state index in [4.69, 9.17) is 4.74 Å². The van der Waals surface area contributed by atoms with Crippen molar-refractivity contribution < 1.29 is 14.6 Å². The first-order chi connectivity index (χ1) is 13.5. The first-order valence-electron chi connectivity index (χ1n) is 9.30.